The molecule has 0 heterocycles. The van der Waals surface area contributed by atoms with Gasteiger partial charge in [-0.3, -0.25) is 0 Å². The van der Waals surface area contributed by atoms with E-state index in [2.05, 4.69) is 132 Å². The van der Waals surface area contributed by atoms with Gasteiger partial charge in [0.2, 0.25) is 0 Å². The molecule has 8 aromatic carbocycles. The van der Waals surface area contributed by atoms with Crippen molar-refractivity contribution in [2.75, 3.05) is 4.90 Å². The summed E-state index contributed by atoms with van der Waals surface area (Å²) in [5, 5.41) is 10.7. The van der Waals surface area contributed by atoms with Gasteiger partial charge in [-0.15, -0.1) is 0 Å². The van der Waals surface area contributed by atoms with Crippen LogP contribution in [0.4, 0.5) is 17.1 Å². The maximum atomic E-state index is 2.37. The summed E-state index contributed by atoms with van der Waals surface area (Å²) >= 11 is 0. The Bertz CT molecular complexity index is 1650. The van der Waals surface area contributed by atoms with Crippen molar-refractivity contribution >= 4 is 60.2 Å². The highest BCUT2D eigenvalue weighted by Gasteiger charge is 2.19. The molecular formula is C32H21N. The Kier molecular flexibility index (Phi) is 3.91. The van der Waals surface area contributed by atoms with Crippen molar-refractivity contribution in [3.05, 3.63) is 127 Å². The lowest BCUT2D eigenvalue weighted by Crippen LogP contribution is -2.09. The average Bonchev–Trinajstić information content (AvgIpc) is 2.90. The van der Waals surface area contributed by atoms with Crippen LogP contribution < -0.4 is 4.90 Å². The van der Waals surface area contributed by atoms with Crippen molar-refractivity contribution < 1.29 is 0 Å². The van der Waals surface area contributed by atoms with Gasteiger partial charge in [-0.25, -0.2) is 0 Å². The molecule has 0 spiro atoms. The fourth-order valence-electron chi connectivity index (χ4n) is 5.41. The van der Waals surface area contributed by atoms with Gasteiger partial charge < -0.3 is 4.90 Å². The quantitative estimate of drug-likeness (QED) is 0.258. The molecule has 1 nitrogen and oxygen atoms in total. The van der Waals surface area contributed by atoms with Crippen LogP contribution in [0, 0.1) is 0 Å². The van der Waals surface area contributed by atoms with Crippen LogP contribution in [0.1, 0.15) is 0 Å². The summed E-state index contributed by atoms with van der Waals surface area (Å²) in [5.41, 5.74) is 3.48. The molecule has 33 heavy (non-hydrogen) atoms. The van der Waals surface area contributed by atoms with E-state index in [1.807, 2.05) is 0 Å². The maximum absolute atomic E-state index is 2.37. The molecule has 0 unspecified atom stereocenters. The molecule has 0 radical (unpaired) electrons. The molecule has 0 aliphatic carbocycles. The van der Waals surface area contributed by atoms with Crippen molar-refractivity contribution in [3.63, 3.8) is 0 Å². The first-order valence-electron chi connectivity index (χ1n) is 11.4. The van der Waals surface area contributed by atoms with Gasteiger partial charge in [0, 0.05) is 17.1 Å². The van der Waals surface area contributed by atoms with E-state index in [0.29, 0.717) is 0 Å². The number of rotatable bonds is 3. The Morgan fingerprint density at radius 1 is 0.303 bits per heavy atom. The van der Waals surface area contributed by atoms with Gasteiger partial charge in [-0.1, -0.05) is 91.0 Å². The second-order valence-corrected chi connectivity index (χ2v) is 8.58. The van der Waals surface area contributed by atoms with Crippen LogP contribution in [0.5, 0.6) is 0 Å². The Hall–Kier alpha value is -4.36. The molecule has 0 aliphatic rings. The summed E-state index contributed by atoms with van der Waals surface area (Å²) < 4.78 is 0. The Morgan fingerprint density at radius 3 is 1.18 bits per heavy atom. The molecular weight excluding hydrogens is 398 g/mol. The third kappa shape index (κ3) is 2.66. The molecule has 0 N–H and O–H groups in total. The van der Waals surface area contributed by atoms with Crippen molar-refractivity contribution in [2.45, 2.75) is 0 Å². The van der Waals surface area contributed by atoms with Crippen molar-refractivity contribution in [1.82, 2.24) is 0 Å². The minimum absolute atomic E-state index is 1.16. The molecule has 154 valence electrons. The van der Waals surface area contributed by atoms with Gasteiger partial charge in [0.05, 0.1) is 0 Å². The third-order valence-corrected chi connectivity index (χ3v) is 6.76. The lowest BCUT2D eigenvalue weighted by molar-refractivity contribution is 1.29. The van der Waals surface area contributed by atoms with Crippen LogP contribution in [0.2, 0.25) is 0 Å². The van der Waals surface area contributed by atoms with Crippen LogP contribution in [-0.2, 0) is 0 Å². The number of hydrogen-bond acceptors (Lipinski definition) is 1. The van der Waals surface area contributed by atoms with Gasteiger partial charge in [0.1, 0.15) is 0 Å². The predicted octanol–water partition coefficient (Wildman–Crippen LogP) is 9.21. The topological polar surface area (TPSA) is 3.24 Å². The highest BCUT2D eigenvalue weighted by atomic mass is 15.1. The minimum Gasteiger partial charge on any atom is -0.310 e. The summed E-state index contributed by atoms with van der Waals surface area (Å²) in [4.78, 5) is 2.34. The fourth-order valence-corrected chi connectivity index (χ4v) is 5.41. The number of benzene rings is 8. The summed E-state index contributed by atoms with van der Waals surface area (Å²) in [6, 6.07) is 45.8. The summed E-state index contributed by atoms with van der Waals surface area (Å²) in [6.07, 6.45) is 0. The fraction of sp³-hybridized carbons (Fsp3) is 0. The van der Waals surface area contributed by atoms with Crippen molar-refractivity contribution in [3.8, 4) is 0 Å². The van der Waals surface area contributed by atoms with E-state index in [1.165, 1.54) is 48.8 Å². The summed E-state index contributed by atoms with van der Waals surface area (Å²) in [7, 11) is 0. The molecule has 0 aliphatic heterocycles. The normalized spacial score (nSPS) is 11.6. The zero-order chi connectivity index (χ0) is 21.8. The van der Waals surface area contributed by atoms with Crippen LogP contribution in [0.25, 0.3) is 43.1 Å². The number of para-hydroxylation sites is 2. The lowest BCUT2D eigenvalue weighted by atomic mass is 9.86. The van der Waals surface area contributed by atoms with Gasteiger partial charge in [-0.05, 0) is 79.5 Å². The lowest BCUT2D eigenvalue weighted by Gasteiger charge is -2.26. The molecule has 0 saturated carbocycles. The standard InChI is InChI=1S/C32H21N/c1-3-11-22(12-4-1)33(23-13-5-2-6-14-23)24-19-20-29-30(21-24)32-27-17-9-7-15-25(27)31(29)26-16-8-10-18-28(26)32/h1-21H. The molecule has 0 saturated heterocycles. The average molecular weight is 420 g/mol. The van der Waals surface area contributed by atoms with E-state index in [9.17, 15) is 0 Å². The molecule has 8 aromatic rings. The largest absolute Gasteiger partial charge is 0.310 e. The van der Waals surface area contributed by atoms with E-state index in [4.69, 9.17) is 0 Å². The molecule has 0 fully saturated rings. The van der Waals surface area contributed by atoms with Gasteiger partial charge >= 0.3 is 0 Å². The van der Waals surface area contributed by atoms with Gasteiger partial charge in [0.15, 0.2) is 0 Å². The summed E-state index contributed by atoms with van der Waals surface area (Å²) in [6.45, 7) is 0. The third-order valence-electron chi connectivity index (χ3n) is 6.76. The first kappa shape index (κ1) is 18.2. The van der Waals surface area contributed by atoms with Crippen molar-refractivity contribution in [2.24, 2.45) is 0 Å². The van der Waals surface area contributed by atoms with Crippen LogP contribution in [-0.4, -0.2) is 0 Å². The first-order chi connectivity index (χ1) is 16.4. The maximum Gasteiger partial charge on any atom is 0.0468 e. The van der Waals surface area contributed by atoms with Crippen LogP contribution >= 0.6 is 0 Å². The molecule has 8 rings (SSSR count). The zero-order valence-electron chi connectivity index (χ0n) is 18.1. The van der Waals surface area contributed by atoms with Gasteiger partial charge in [0.25, 0.3) is 0 Å². The van der Waals surface area contributed by atoms with E-state index in [-0.39, 0.29) is 0 Å². The van der Waals surface area contributed by atoms with Crippen molar-refractivity contribution in [1.29, 1.82) is 0 Å². The second kappa shape index (κ2) is 7.08. The highest BCUT2D eigenvalue weighted by molar-refractivity contribution is 6.40. The molecule has 0 atom stereocenters. The molecule has 1 heteroatoms. The van der Waals surface area contributed by atoms with E-state index in [0.717, 1.165) is 11.4 Å². The summed E-state index contributed by atoms with van der Waals surface area (Å²) in [5.74, 6) is 0. The van der Waals surface area contributed by atoms with Gasteiger partial charge in [-0.2, -0.15) is 0 Å². The predicted molar refractivity (Wildman–Crippen MR) is 142 cm³/mol. The second-order valence-electron chi connectivity index (χ2n) is 8.58. The number of anilines is 3. The van der Waals surface area contributed by atoms with E-state index < -0.39 is 0 Å². The SMILES string of the molecule is c1ccc(N(c2ccccc2)c2ccc3c(c2)c2c4ccccc4c3c3ccccc32)cc1. The van der Waals surface area contributed by atoms with Crippen LogP contribution in [0.15, 0.2) is 127 Å². The Morgan fingerprint density at radius 2 is 0.697 bits per heavy atom. The number of hydrogen-bond donors (Lipinski definition) is 0. The molecule has 0 aromatic heterocycles. The number of nitrogens with zero attached hydrogens (tertiary/aromatic N) is 1. The van der Waals surface area contributed by atoms with Crippen LogP contribution in [0.3, 0.4) is 0 Å². The van der Waals surface area contributed by atoms with E-state index in [1.54, 1.807) is 0 Å². The zero-order valence-corrected chi connectivity index (χ0v) is 18.1. The minimum atomic E-state index is 1.16. The Labute approximate surface area is 192 Å². The smallest absolute Gasteiger partial charge is 0.0468 e. The molecule has 0 amide bonds. The van der Waals surface area contributed by atoms with E-state index >= 15 is 0 Å². The molecule has 2 bridgehead atoms. The highest BCUT2D eigenvalue weighted by Crippen LogP contribution is 2.46. The monoisotopic (exact) mass is 419 g/mol. The Balaban J connectivity index is 1.59. The first-order valence-corrected chi connectivity index (χ1v) is 11.4.